The number of nitrogens with zero attached hydrogens (tertiary/aromatic N) is 1. The van der Waals surface area contributed by atoms with Gasteiger partial charge in [0.25, 0.3) is 17.7 Å². The highest BCUT2D eigenvalue weighted by atomic mass is 35.5. The Hall–Kier alpha value is -3.73. The molecule has 0 bridgehead atoms. The van der Waals surface area contributed by atoms with Crippen molar-refractivity contribution in [2.24, 2.45) is 0 Å². The predicted molar refractivity (Wildman–Crippen MR) is 150 cm³/mol. The first-order chi connectivity index (χ1) is 18.5. The molecule has 1 aromatic heterocycles. The van der Waals surface area contributed by atoms with Crippen LogP contribution in [0.4, 0.5) is 11.4 Å². The summed E-state index contributed by atoms with van der Waals surface area (Å²) < 4.78 is 11.2. The molecule has 9 nitrogen and oxygen atoms in total. The Morgan fingerprint density at radius 2 is 1.79 bits per heavy atom. The van der Waals surface area contributed by atoms with Crippen LogP contribution in [0.2, 0.25) is 4.34 Å². The zero-order valence-electron chi connectivity index (χ0n) is 21.7. The molecule has 0 aliphatic carbocycles. The number of morpholine rings is 1. The summed E-state index contributed by atoms with van der Waals surface area (Å²) in [7, 11) is 0. The Balaban J connectivity index is 1.58. The van der Waals surface area contributed by atoms with Crippen LogP contribution in [0.3, 0.4) is 0 Å². The number of hydrogen-bond acceptors (Lipinski definition) is 7. The highest BCUT2D eigenvalue weighted by Gasteiger charge is 2.24. The van der Waals surface area contributed by atoms with Crippen LogP contribution in [0, 0.1) is 0 Å². The summed E-state index contributed by atoms with van der Waals surface area (Å²) in [6.45, 7) is 6.18. The molecule has 39 heavy (non-hydrogen) atoms. The minimum atomic E-state index is -0.756. The number of nitrogens with one attached hydrogen (secondary N) is 2. The highest BCUT2D eigenvalue weighted by molar-refractivity contribution is 7.18. The number of para-hydroxylation sites is 1. The molecule has 0 saturated carbocycles. The third-order valence-corrected chi connectivity index (χ3v) is 6.90. The molecule has 2 N–H and O–H groups in total. The van der Waals surface area contributed by atoms with Crippen molar-refractivity contribution in [1.82, 2.24) is 5.32 Å². The molecule has 1 fully saturated rings. The summed E-state index contributed by atoms with van der Waals surface area (Å²) in [6.07, 6.45) is 0. The number of esters is 1. The third kappa shape index (κ3) is 7.23. The molecular weight excluding hydrogens is 542 g/mol. The van der Waals surface area contributed by atoms with Gasteiger partial charge >= 0.3 is 5.97 Å². The second kappa shape index (κ2) is 12.0. The van der Waals surface area contributed by atoms with Crippen molar-refractivity contribution in [1.29, 1.82) is 0 Å². The molecule has 0 atom stereocenters. The first-order valence-corrected chi connectivity index (χ1v) is 13.4. The lowest BCUT2D eigenvalue weighted by Crippen LogP contribution is -2.41. The number of thiophene rings is 1. The van der Waals surface area contributed by atoms with Crippen molar-refractivity contribution in [2.75, 3.05) is 30.0 Å². The van der Waals surface area contributed by atoms with Gasteiger partial charge in [-0.25, -0.2) is 4.79 Å². The van der Waals surface area contributed by atoms with Crippen molar-refractivity contribution in [3.63, 3.8) is 0 Å². The van der Waals surface area contributed by atoms with Gasteiger partial charge in [-0.3, -0.25) is 14.4 Å². The van der Waals surface area contributed by atoms with Crippen LogP contribution in [-0.4, -0.2) is 49.1 Å². The molecule has 1 saturated heterocycles. The SMILES string of the molecule is CC(C)(C)OC(=O)c1cccc(CNC(=O)c2ccc(Cl)s2)c1NC(=O)c1ccc(N2CCOCC2=O)cc1. The molecule has 0 unspecified atom stereocenters. The Kier molecular flexibility index (Phi) is 8.69. The Morgan fingerprint density at radius 3 is 2.44 bits per heavy atom. The second-order valence-corrected chi connectivity index (χ2v) is 11.4. The number of halogens is 1. The standard InChI is InChI=1S/C28H28ClN3O6S/c1-28(2,3)38-27(36)20-6-4-5-18(15-30-26(35)21-11-12-22(29)39-21)24(20)31-25(34)17-7-9-19(10-8-17)32-13-14-37-16-23(32)33/h4-12H,13-16H2,1-3H3,(H,30,35)(H,31,34). The number of rotatable bonds is 7. The monoisotopic (exact) mass is 569 g/mol. The number of benzene rings is 2. The molecule has 0 radical (unpaired) electrons. The van der Waals surface area contributed by atoms with E-state index in [4.69, 9.17) is 21.1 Å². The van der Waals surface area contributed by atoms with Crippen LogP contribution in [-0.2, 0) is 20.8 Å². The van der Waals surface area contributed by atoms with Gasteiger partial charge in [-0.1, -0.05) is 23.7 Å². The van der Waals surface area contributed by atoms with E-state index in [2.05, 4.69) is 10.6 Å². The van der Waals surface area contributed by atoms with Crippen molar-refractivity contribution >= 4 is 58.0 Å². The van der Waals surface area contributed by atoms with Gasteiger partial charge in [0.2, 0.25) is 0 Å². The molecule has 2 aromatic carbocycles. The van der Waals surface area contributed by atoms with Crippen molar-refractivity contribution in [3.05, 3.63) is 80.5 Å². The number of hydrogen-bond donors (Lipinski definition) is 2. The second-order valence-electron chi connectivity index (χ2n) is 9.73. The third-order valence-electron chi connectivity index (χ3n) is 5.67. The molecule has 1 aliphatic heterocycles. The molecule has 1 aliphatic rings. The van der Waals surface area contributed by atoms with E-state index in [0.29, 0.717) is 39.2 Å². The summed E-state index contributed by atoms with van der Waals surface area (Å²) in [4.78, 5) is 53.1. The van der Waals surface area contributed by atoms with Crippen LogP contribution >= 0.6 is 22.9 Å². The van der Waals surface area contributed by atoms with Gasteiger partial charge in [0.05, 0.1) is 27.1 Å². The van der Waals surface area contributed by atoms with E-state index >= 15 is 0 Å². The lowest BCUT2D eigenvalue weighted by molar-refractivity contribution is -0.125. The van der Waals surface area contributed by atoms with Gasteiger partial charge in [-0.05, 0) is 68.8 Å². The summed E-state index contributed by atoms with van der Waals surface area (Å²) in [5, 5.41) is 5.63. The fourth-order valence-corrected chi connectivity index (χ4v) is 4.83. The predicted octanol–water partition coefficient (Wildman–Crippen LogP) is 4.90. The van der Waals surface area contributed by atoms with E-state index in [0.717, 1.165) is 11.3 Å². The Labute approximate surface area is 235 Å². The molecular formula is C28H28ClN3O6S. The number of carbonyl (C=O) groups excluding carboxylic acids is 4. The largest absolute Gasteiger partial charge is 0.456 e. The highest BCUT2D eigenvalue weighted by Crippen LogP contribution is 2.27. The Bertz CT molecular complexity index is 1400. The van der Waals surface area contributed by atoms with Gasteiger partial charge in [-0.15, -0.1) is 11.3 Å². The molecule has 3 aromatic rings. The molecule has 3 amide bonds. The topological polar surface area (TPSA) is 114 Å². The minimum Gasteiger partial charge on any atom is -0.456 e. The maximum atomic E-state index is 13.3. The molecule has 0 spiro atoms. The first kappa shape index (κ1) is 28.3. The average Bonchev–Trinajstić information content (AvgIpc) is 3.33. The Morgan fingerprint density at radius 1 is 1.05 bits per heavy atom. The van der Waals surface area contributed by atoms with E-state index in [1.54, 1.807) is 80.3 Å². The van der Waals surface area contributed by atoms with Crippen LogP contribution < -0.4 is 15.5 Å². The summed E-state index contributed by atoms with van der Waals surface area (Å²) >= 11 is 7.09. The molecule has 11 heteroatoms. The smallest absolute Gasteiger partial charge is 0.340 e. The normalized spacial score (nSPS) is 13.6. The lowest BCUT2D eigenvalue weighted by Gasteiger charge is -2.26. The van der Waals surface area contributed by atoms with Crippen LogP contribution in [0.1, 0.15) is 56.7 Å². The van der Waals surface area contributed by atoms with Gasteiger partial charge < -0.3 is 25.0 Å². The van der Waals surface area contributed by atoms with E-state index in [1.165, 1.54) is 0 Å². The van der Waals surface area contributed by atoms with E-state index in [9.17, 15) is 19.2 Å². The van der Waals surface area contributed by atoms with Crippen molar-refractivity contribution in [2.45, 2.75) is 32.9 Å². The number of amides is 3. The van der Waals surface area contributed by atoms with Crippen LogP contribution in [0.25, 0.3) is 0 Å². The quantitative estimate of drug-likeness (QED) is 0.391. The molecule has 4 rings (SSSR count). The van der Waals surface area contributed by atoms with Crippen molar-refractivity contribution < 1.29 is 28.7 Å². The minimum absolute atomic E-state index is 0.0164. The average molecular weight is 570 g/mol. The number of carbonyl (C=O) groups is 4. The molecule has 2 heterocycles. The van der Waals surface area contributed by atoms with Gasteiger partial charge in [0.15, 0.2) is 0 Å². The van der Waals surface area contributed by atoms with Gasteiger partial charge in [0.1, 0.15) is 12.2 Å². The first-order valence-electron chi connectivity index (χ1n) is 12.2. The lowest BCUT2D eigenvalue weighted by atomic mass is 10.0. The fraction of sp³-hybridized carbons (Fsp3) is 0.286. The molecule has 204 valence electrons. The fourth-order valence-electron chi connectivity index (χ4n) is 3.87. The van der Waals surface area contributed by atoms with Crippen molar-refractivity contribution in [3.8, 4) is 0 Å². The maximum Gasteiger partial charge on any atom is 0.340 e. The van der Waals surface area contributed by atoms with E-state index < -0.39 is 17.5 Å². The number of anilines is 2. The summed E-state index contributed by atoms with van der Waals surface area (Å²) in [5.74, 6) is -1.57. The summed E-state index contributed by atoms with van der Waals surface area (Å²) in [5.41, 5.74) is 1.12. The van der Waals surface area contributed by atoms with Crippen LogP contribution in [0.5, 0.6) is 0 Å². The zero-order valence-corrected chi connectivity index (χ0v) is 23.3. The zero-order chi connectivity index (χ0) is 28.2. The maximum absolute atomic E-state index is 13.3. The van der Waals surface area contributed by atoms with E-state index in [-0.39, 0.29) is 36.2 Å². The number of ether oxygens (including phenoxy) is 2. The van der Waals surface area contributed by atoms with Gasteiger partial charge in [-0.2, -0.15) is 0 Å². The van der Waals surface area contributed by atoms with E-state index in [1.807, 2.05) is 0 Å². The summed E-state index contributed by atoms with van der Waals surface area (Å²) in [6, 6.07) is 14.8. The van der Waals surface area contributed by atoms with Crippen LogP contribution in [0.15, 0.2) is 54.6 Å². The van der Waals surface area contributed by atoms with Gasteiger partial charge in [0, 0.05) is 24.3 Å².